The Kier molecular flexibility index (Phi) is 7.36. The molecule has 8 heteroatoms. The van der Waals surface area contributed by atoms with Gasteiger partial charge in [0.05, 0.1) is 14.2 Å². The quantitative estimate of drug-likeness (QED) is 0.590. The second kappa shape index (κ2) is 10.8. The summed E-state index contributed by atoms with van der Waals surface area (Å²) >= 11 is 0. The third kappa shape index (κ3) is 5.98. The van der Waals surface area contributed by atoms with Crippen LogP contribution in [0.1, 0.15) is 5.56 Å². The minimum Gasteiger partial charge on any atom is -0.497 e. The summed E-state index contributed by atoms with van der Waals surface area (Å²) in [7, 11) is 3.08. The first-order valence-corrected chi connectivity index (χ1v) is 11.0. The van der Waals surface area contributed by atoms with Crippen LogP contribution in [-0.2, 0) is 11.2 Å². The van der Waals surface area contributed by atoms with Gasteiger partial charge in [-0.1, -0.05) is 24.3 Å². The first-order valence-electron chi connectivity index (χ1n) is 11.0. The molecule has 0 atom stereocenters. The molecule has 2 heterocycles. The number of hydrogen-bond acceptors (Lipinski definition) is 7. The van der Waals surface area contributed by atoms with Crippen molar-refractivity contribution in [1.29, 1.82) is 0 Å². The van der Waals surface area contributed by atoms with E-state index < -0.39 is 0 Å². The SMILES string of the molecule is COC(=O)N1CCN(CCc2ccc(Nc3ncc(-c4ccc(OC)cc4)cn3)cc2)CC1. The molecular weight excluding hydrogens is 418 g/mol. The fourth-order valence-corrected chi connectivity index (χ4v) is 3.78. The molecule has 33 heavy (non-hydrogen) atoms. The number of methoxy groups -OCH3 is 2. The fourth-order valence-electron chi connectivity index (χ4n) is 3.78. The summed E-state index contributed by atoms with van der Waals surface area (Å²) in [6, 6.07) is 16.2. The lowest BCUT2D eigenvalue weighted by molar-refractivity contribution is 0.0914. The molecule has 8 nitrogen and oxygen atoms in total. The Morgan fingerprint density at radius 1 is 0.909 bits per heavy atom. The van der Waals surface area contributed by atoms with Gasteiger partial charge in [-0.05, 0) is 41.8 Å². The van der Waals surface area contributed by atoms with Crippen molar-refractivity contribution >= 4 is 17.7 Å². The van der Waals surface area contributed by atoms with E-state index in [4.69, 9.17) is 9.47 Å². The highest BCUT2D eigenvalue weighted by atomic mass is 16.5. The number of carbonyl (C=O) groups excluding carboxylic acids is 1. The third-order valence-corrected chi connectivity index (χ3v) is 5.81. The van der Waals surface area contributed by atoms with Crippen molar-refractivity contribution in [2.24, 2.45) is 0 Å². The summed E-state index contributed by atoms with van der Waals surface area (Å²) in [5.41, 5.74) is 4.21. The number of amides is 1. The van der Waals surface area contributed by atoms with Crippen molar-refractivity contribution in [2.75, 3.05) is 52.3 Å². The zero-order valence-corrected chi connectivity index (χ0v) is 19.0. The summed E-state index contributed by atoms with van der Waals surface area (Å²) in [5, 5.41) is 3.25. The predicted octanol–water partition coefficient (Wildman–Crippen LogP) is 3.82. The summed E-state index contributed by atoms with van der Waals surface area (Å²) in [4.78, 5) is 24.6. The number of benzene rings is 2. The van der Waals surface area contributed by atoms with Gasteiger partial charge in [0.2, 0.25) is 5.95 Å². The number of rotatable bonds is 7. The lowest BCUT2D eigenvalue weighted by Gasteiger charge is -2.33. The highest BCUT2D eigenvalue weighted by Crippen LogP contribution is 2.22. The molecule has 1 N–H and O–H groups in total. The van der Waals surface area contributed by atoms with Crippen LogP contribution < -0.4 is 10.1 Å². The molecule has 1 aliphatic heterocycles. The maximum atomic E-state index is 11.6. The van der Waals surface area contributed by atoms with Gasteiger partial charge < -0.3 is 19.7 Å². The molecule has 0 radical (unpaired) electrons. The Balaban J connectivity index is 1.26. The molecule has 172 valence electrons. The molecule has 1 aromatic heterocycles. The number of anilines is 2. The molecule has 1 amide bonds. The molecule has 2 aromatic carbocycles. The van der Waals surface area contributed by atoms with Crippen LogP contribution >= 0.6 is 0 Å². The van der Waals surface area contributed by atoms with Crippen molar-refractivity contribution < 1.29 is 14.3 Å². The van der Waals surface area contributed by atoms with Gasteiger partial charge in [0, 0.05) is 56.4 Å². The van der Waals surface area contributed by atoms with E-state index >= 15 is 0 Å². The maximum absolute atomic E-state index is 11.6. The van der Waals surface area contributed by atoms with Crippen LogP contribution in [0.4, 0.5) is 16.4 Å². The molecule has 1 aliphatic rings. The highest BCUT2D eigenvalue weighted by Gasteiger charge is 2.20. The van der Waals surface area contributed by atoms with E-state index in [-0.39, 0.29) is 6.09 Å². The van der Waals surface area contributed by atoms with Crippen LogP contribution in [0.25, 0.3) is 11.1 Å². The summed E-state index contributed by atoms with van der Waals surface area (Å²) in [5.74, 6) is 1.38. The minimum absolute atomic E-state index is 0.239. The molecule has 0 unspecified atom stereocenters. The first-order chi connectivity index (χ1) is 16.1. The highest BCUT2D eigenvalue weighted by molar-refractivity contribution is 5.67. The number of aromatic nitrogens is 2. The summed E-state index contributed by atoms with van der Waals surface area (Å²) in [6.07, 6.45) is 4.35. The van der Waals surface area contributed by atoms with Crippen LogP contribution in [0, 0.1) is 0 Å². The van der Waals surface area contributed by atoms with E-state index in [1.54, 1.807) is 12.0 Å². The van der Waals surface area contributed by atoms with E-state index in [1.165, 1.54) is 12.7 Å². The van der Waals surface area contributed by atoms with Crippen molar-refractivity contribution in [3.8, 4) is 16.9 Å². The third-order valence-electron chi connectivity index (χ3n) is 5.81. The minimum atomic E-state index is -0.239. The van der Waals surface area contributed by atoms with E-state index in [0.717, 1.165) is 48.6 Å². The Labute approximate surface area is 194 Å². The molecule has 4 rings (SSSR count). The van der Waals surface area contributed by atoms with Gasteiger partial charge in [-0.2, -0.15) is 0 Å². The number of carbonyl (C=O) groups is 1. The van der Waals surface area contributed by atoms with Crippen LogP contribution in [0.2, 0.25) is 0 Å². The second-order valence-corrected chi connectivity index (χ2v) is 7.89. The average Bonchev–Trinajstić information content (AvgIpc) is 2.88. The number of nitrogens with one attached hydrogen (secondary N) is 1. The van der Waals surface area contributed by atoms with Crippen molar-refractivity contribution in [2.45, 2.75) is 6.42 Å². The van der Waals surface area contributed by atoms with Crippen molar-refractivity contribution in [3.05, 3.63) is 66.5 Å². The lowest BCUT2D eigenvalue weighted by Crippen LogP contribution is -2.49. The average molecular weight is 448 g/mol. The van der Waals surface area contributed by atoms with Gasteiger partial charge in [-0.25, -0.2) is 14.8 Å². The molecule has 0 spiro atoms. The monoisotopic (exact) mass is 447 g/mol. The number of ether oxygens (including phenoxy) is 2. The molecule has 1 saturated heterocycles. The maximum Gasteiger partial charge on any atom is 0.409 e. The predicted molar refractivity (Wildman–Crippen MR) is 128 cm³/mol. The number of nitrogens with zero attached hydrogens (tertiary/aromatic N) is 4. The number of hydrogen-bond donors (Lipinski definition) is 1. The van der Waals surface area contributed by atoms with Gasteiger partial charge in [0.15, 0.2) is 0 Å². The van der Waals surface area contributed by atoms with E-state index in [9.17, 15) is 4.79 Å². The van der Waals surface area contributed by atoms with Crippen molar-refractivity contribution in [1.82, 2.24) is 19.8 Å². The van der Waals surface area contributed by atoms with Crippen molar-refractivity contribution in [3.63, 3.8) is 0 Å². The van der Waals surface area contributed by atoms with E-state index in [0.29, 0.717) is 19.0 Å². The molecule has 0 saturated carbocycles. The molecule has 3 aromatic rings. The molecular formula is C25H29N5O3. The zero-order valence-electron chi connectivity index (χ0n) is 19.0. The first kappa shape index (κ1) is 22.5. The van der Waals surface area contributed by atoms with Gasteiger partial charge >= 0.3 is 6.09 Å². The Bertz CT molecular complexity index is 1030. The van der Waals surface area contributed by atoms with Gasteiger partial charge in [-0.3, -0.25) is 4.90 Å². The normalized spacial score (nSPS) is 14.1. The zero-order chi connectivity index (χ0) is 23.0. The Morgan fingerprint density at radius 2 is 1.58 bits per heavy atom. The lowest BCUT2D eigenvalue weighted by atomic mass is 10.1. The largest absolute Gasteiger partial charge is 0.497 e. The summed E-state index contributed by atoms with van der Waals surface area (Å²) < 4.78 is 9.99. The van der Waals surface area contributed by atoms with E-state index in [1.807, 2.05) is 48.8 Å². The Morgan fingerprint density at radius 3 is 2.18 bits per heavy atom. The molecule has 0 bridgehead atoms. The number of piperazine rings is 1. The van der Waals surface area contributed by atoms with Crippen LogP contribution in [0.5, 0.6) is 5.75 Å². The van der Waals surface area contributed by atoms with Gasteiger partial charge in [-0.15, -0.1) is 0 Å². The molecule has 0 aliphatic carbocycles. The van der Waals surface area contributed by atoms with E-state index in [2.05, 4.69) is 32.3 Å². The smallest absolute Gasteiger partial charge is 0.409 e. The topological polar surface area (TPSA) is 79.8 Å². The standard InChI is InChI=1S/C25H29N5O3/c1-32-23-9-5-20(6-10-23)21-17-26-24(27-18-21)28-22-7-3-19(4-8-22)11-12-29-13-15-30(16-14-29)25(31)33-2/h3-10,17-18H,11-16H2,1-2H3,(H,26,27,28). The fraction of sp³-hybridized carbons (Fsp3) is 0.320. The van der Waals surface area contributed by atoms with Crippen LogP contribution in [0.15, 0.2) is 60.9 Å². The van der Waals surface area contributed by atoms with Crippen LogP contribution in [0.3, 0.4) is 0 Å². The van der Waals surface area contributed by atoms with Crippen LogP contribution in [-0.4, -0.2) is 72.8 Å². The Hall–Kier alpha value is -3.65. The summed E-state index contributed by atoms with van der Waals surface area (Å²) in [6.45, 7) is 4.15. The molecule has 1 fully saturated rings. The second-order valence-electron chi connectivity index (χ2n) is 7.89. The van der Waals surface area contributed by atoms with Gasteiger partial charge in [0.25, 0.3) is 0 Å². The van der Waals surface area contributed by atoms with Gasteiger partial charge in [0.1, 0.15) is 5.75 Å².